The molecule has 0 radical (unpaired) electrons. The average Bonchev–Trinajstić information content (AvgIpc) is 2.47. The Bertz CT molecular complexity index is 762. The van der Waals surface area contributed by atoms with Gasteiger partial charge in [-0.25, -0.2) is 4.98 Å². The third kappa shape index (κ3) is 2.94. The number of benzene rings is 2. The second-order valence-corrected chi connectivity index (χ2v) is 4.90. The molecule has 3 aromatic rings. The maximum absolute atomic E-state index is 4.49. The minimum absolute atomic E-state index is 0.653. The van der Waals surface area contributed by atoms with Crippen LogP contribution in [0, 0.1) is 6.92 Å². The van der Waals surface area contributed by atoms with Gasteiger partial charge in [0.1, 0.15) is 5.82 Å². The van der Waals surface area contributed by atoms with Crippen molar-refractivity contribution in [2.24, 2.45) is 0 Å². The summed E-state index contributed by atoms with van der Waals surface area (Å²) in [5.74, 6) is 1.45. The highest BCUT2D eigenvalue weighted by atomic mass is 15.1. The summed E-state index contributed by atoms with van der Waals surface area (Å²) < 4.78 is 0. The van der Waals surface area contributed by atoms with Crippen LogP contribution in [-0.4, -0.2) is 16.5 Å². The molecule has 0 aliphatic rings. The van der Waals surface area contributed by atoms with Gasteiger partial charge in [0, 0.05) is 29.4 Å². The van der Waals surface area contributed by atoms with Crippen molar-refractivity contribution in [1.29, 1.82) is 0 Å². The summed E-state index contributed by atoms with van der Waals surface area (Å²) in [5, 5.41) is 8.94. The molecule has 106 valence electrons. The van der Waals surface area contributed by atoms with Crippen molar-refractivity contribution in [3.63, 3.8) is 0 Å². The molecule has 4 heteroatoms. The largest absolute Gasteiger partial charge is 0.354 e. The van der Waals surface area contributed by atoms with E-state index in [1.54, 1.807) is 0 Å². The third-order valence-corrected chi connectivity index (χ3v) is 3.24. The molecule has 2 N–H and O–H groups in total. The van der Waals surface area contributed by atoms with Gasteiger partial charge < -0.3 is 10.6 Å². The zero-order valence-electron chi connectivity index (χ0n) is 12.2. The Kier molecular flexibility index (Phi) is 3.69. The summed E-state index contributed by atoms with van der Waals surface area (Å²) in [6.45, 7) is 4.80. The van der Waals surface area contributed by atoms with Crippen molar-refractivity contribution in [3.8, 4) is 0 Å². The summed E-state index contributed by atoms with van der Waals surface area (Å²) in [5.41, 5.74) is 1.98. The van der Waals surface area contributed by atoms with Crippen LogP contribution < -0.4 is 10.6 Å². The smallest absolute Gasteiger partial charge is 0.224 e. The molecule has 4 nitrogen and oxygen atoms in total. The molecule has 21 heavy (non-hydrogen) atoms. The topological polar surface area (TPSA) is 49.8 Å². The molecule has 1 aromatic heterocycles. The second kappa shape index (κ2) is 5.79. The van der Waals surface area contributed by atoms with E-state index in [9.17, 15) is 0 Å². The lowest BCUT2D eigenvalue weighted by atomic mass is 10.1. The van der Waals surface area contributed by atoms with Gasteiger partial charge in [-0.2, -0.15) is 4.98 Å². The average molecular weight is 278 g/mol. The van der Waals surface area contributed by atoms with Crippen LogP contribution in [0.3, 0.4) is 0 Å². The number of hydrogen-bond donors (Lipinski definition) is 2. The quantitative estimate of drug-likeness (QED) is 0.754. The molecule has 2 aromatic carbocycles. The Morgan fingerprint density at radius 3 is 2.67 bits per heavy atom. The predicted octanol–water partition coefficient (Wildman–Crippen LogP) is 4.11. The van der Waals surface area contributed by atoms with Crippen LogP contribution >= 0.6 is 0 Å². The molecule has 0 saturated heterocycles. The van der Waals surface area contributed by atoms with E-state index in [1.807, 2.05) is 38.1 Å². The van der Waals surface area contributed by atoms with Gasteiger partial charge in [0.25, 0.3) is 0 Å². The number of aromatic nitrogens is 2. The van der Waals surface area contributed by atoms with E-state index in [4.69, 9.17) is 0 Å². The van der Waals surface area contributed by atoms with E-state index in [-0.39, 0.29) is 0 Å². The van der Waals surface area contributed by atoms with Crippen LogP contribution in [-0.2, 0) is 0 Å². The van der Waals surface area contributed by atoms with Gasteiger partial charge in [0.05, 0.1) is 0 Å². The molecule has 0 aliphatic heterocycles. The minimum Gasteiger partial charge on any atom is -0.354 e. The van der Waals surface area contributed by atoms with E-state index in [0.717, 1.165) is 23.7 Å². The number of hydrogen-bond acceptors (Lipinski definition) is 4. The highest BCUT2D eigenvalue weighted by molar-refractivity contribution is 5.95. The first-order chi connectivity index (χ1) is 10.3. The fourth-order valence-corrected chi connectivity index (χ4v) is 2.34. The summed E-state index contributed by atoms with van der Waals surface area (Å²) >= 11 is 0. The first-order valence-electron chi connectivity index (χ1n) is 7.10. The van der Waals surface area contributed by atoms with Crippen molar-refractivity contribution in [3.05, 3.63) is 54.2 Å². The normalized spacial score (nSPS) is 10.6. The van der Waals surface area contributed by atoms with Crippen molar-refractivity contribution >= 4 is 28.2 Å². The molecule has 3 rings (SSSR count). The standard InChI is InChI=1S/C17H18N4/c1-3-18-17-19-12(2)11-16(21-17)20-15-10-6-8-13-7-4-5-9-14(13)15/h4-11H,3H2,1-2H3,(H2,18,19,20,21). The Labute approximate surface area is 124 Å². The van der Waals surface area contributed by atoms with E-state index in [1.165, 1.54) is 10.8 Å². The van der Waals surface area contributed by atoms with E-state index in [2.05, 4.69) is 44.9 Å². The van der Waals surface area contributed by atoms with E-state index >= 15 is 0 Å². The summed E-state index contributed by atoms with van der Waals surface area (Å²) in [4.78, 5) is 8.86. The van der Waals surface area contributed by atoms with E-state index in [0.29, 0.717) is 5.95 Å². The van der Waals surface area contributed by atoms with Crippen molar-refractivity contribution in [1.82, 2.24) is 9.97 Å². The number of nitrogens with zero attached hydrogens (tertiary/aromatic N) is 2. The van der Waals surface area contributed by atoms with Gasteiger partial charge in [0.2, 0.25) is 5.95 Å². The second-order valence-electron chi connectivity index (χ2n) is 4.90. The third-order valence-electron chi connectivity index (χ3n) is 3.24. The molecule has 0 atom stereocenters. The van der Waals surface area contributed by atoms with Crippen molar-refractivity contribution in [2.45, 2.75) is 13.8 Å². The lowest BCUT2D eigenvalue weighted by Crippen LogP contribution is -2.05. The summed E-state index contributed by atoms with van der Waals surface area (Å²) in [6, 6.07) is 16.5. The fourth-order valence-electron chi connectivity index (χ4n) is 2.34. The molecule has 0 spiro atoms. The van der Waals surface area contributed by atoms with Crippen molar-refractivity contribution in [2.75, 3.05) is 17.2 Å². The number of aryl methyl sites for hydroxylation is 1. The number of anilines is 3. The number of fused-ring (bicyclic) bond motifs is 1. The van der Waals surface area contributed by atoms with Gasteiger partial charge >= 0.3 is 0 Å². The first kappa shape index (κ1) is 13.4. The van der Waals surface area contributed by atoms with Crippen LogP contribution in [0.15, 0.2) is 48.5 Å². The molecule has 0 saturated carbocycles. The van der Waals surface area contributed by atoms with Gasteiger partial charge in [-0.15, -0.1) is 0 Å². The molecule has 0 bridgehead atoms. The summed E-state index contributed by atoms with van der Waals surface area (Å²) in [7, 11) is 0. The summed E-state index contributed by atoms with van der Waals surface area (Å²) in [6.07, 6.45) is 0. The first-order valence-corrected chi connectivity index (χ1v) is 7.10. The Morgan fingerprint density at radius 1 is 1.00 bits per heavy atom. The Morgan fingerprint density at radius 2 is 1.81 bits per heavy atom. The molecule has 0 aliphatic carbocycles. The van der Waals surface area contributed by atoms with Crippen molar-refractivity contribution < 1.29 is 0 Å². The van der Waals surface area contributed by atoms with Gasteiger partial charge in [-0.05, 0) is 25.3 Å². The lowest BCUT2D eigenvalue weighted by molar-refractivity contribution is 1.05. The molecule has 1 heterocycles. The molecule has 0 unspecified atom stereocenters. The number of nitrogens with one attached hydrogen (secondary N) is 2. The fraction of sp³-hybridized carbons (Fsp3) is 0.176. The predicted molar refractivity (Wildman–Crippen MR) is 88.2 cm³/mol. The minimum atomic E-state index is 0.653. The van der Waals surface area contributed by atoms with Crippen LogP contribution in [0.4, 0.5) is 17.5 Å². The zero-order chi connectivity index (χ0) is 14.7. The van der Waals surface area contributed by atoms with Gasteiger partial charge in [-0.1, -0.05) is 36.4 Å². The molecular formula is C17H18N4. The highest BCUT2D eigenvalue weighted by Crippen LogP contribution is 2.26. The molecule has 0 amide bonds. The van der Waals surface area contributed by atoms with E-state index < -0.39 is 0 Å². The van der Waals surface area contributed by atoms with Crippen LogP contribution in [0.1, 0.15) is 12.6 Å². The highest BCUT2D eigenvalue weighted by Gasteiger charge is 2.04. The monoisotopic (exact) mass is 278 g/mol. The molecular weight excluding hydrogens is 260 g/mol. The Balaban J connectivity index is 1.98. The van der Waals surface area contributed by atoms with Crippen LogP contribution in [0.25, 0.3) is 10.8 Å². The van der Waals surface area contributed by atoms with Gasteiger partial charge in [0.15, 0.2) is 0 Å². The number of rotatable bonds is 4. The maximum atomic E-state index is 4.49. The molecule has 0 fully saturated rings. The lowest BCUT2D eigenvalue weighted by Gasteiger charge is -2.11. The van der Waals surface area contributed by atoms with Crippen LogP contribution in [0.2, 0.25) is 0 Å². The van der Waals surface area contributed by atoms with Crippen LogP contribution in [0.5, 0.6) is 0 Å². The zero-order valence-corrected chi connectivity index (χ0v) is 12.2. The SMILES string of the molecule is CCNc1nc(C)cc(Nc2cccc3ccccc23)n1. The Hall–Kier alpha value is -2.62. The van der Waals surface area contributed by atoms with Gasteiger partial charge in [-0.3, -0.25) is 0 Å². The maximum Gasteiger partial charge on any atom is 0.224 e.